The molecule has 0 bridgehead atoms. The van der Waals surface area contributed by atoms with Gasteiger partial charge in [-0.1, -0.05) is 30.3 Å². The van der Waals surface area contributed by atoms with Crippen molar-refractivity contribution in [2.75, 3.05) is 4.90 Å². The van der Waals surface area contributed by atoms with Gasteiger partial charge in [0.1, 0.15) is 11.6 Å². The molecule has 1 N–H and O–H groups in total. The van der Waals surface area contributed by atoms with E-state index in [1.807, 2.05) is 0 Å². The highest BCUT2D eigenvalue weighted by Gasteiger charge is 2.47. The van der Waals surface area contributed by atoms with Crippen LogP contribution in [0.5, 0.6) is 0 Å². The molecule has 1 aromatic heterocycles. The van der Waals surface area contributed by atoms with Gasteiger partial charge in [-0.25, -0.2) is 4.98 Å². The SMILES string of the molecule is O=C1C(=O)N(c2ccc(Br)cn2)[C@@H](c2ccc([N+](=O)[O-])cc2)/C1=C(\O)c1ccccc1. The van der Waals surface area contributed by atoms with Crippen molar-refractivity contribution in [2.24, 2.45) is 0 Å². The van der Waals surface area contributed by atoms with Crippen molar-refractivity contribution in [2.45, 2.75) is 6.04 Å². The smallest absolute Gasteiger partial charge is 0.301 e. The molecule has 0 aliphatic carbocycles. The third-order valence-corrected chi connectivity index (χ3v) is 5.34. The largest absolute Gasteiger partial charge is 0.507 e. The first-order chi connectivity index (χ1) is 14.9. The number of nitrogens with zero attached hydrogens (tertiary/aromatic N) is 3. The molecule has 1 fully saturated rings. The summed E-state index contributed by atoms with van der Waals surface area (Å²) in [6.07, 6.45) is 1.48. The summed E-state index contributed by atoms with van der Waals surface area (Å²) < 4.78 is 0.684. The second kappa shape index (κ2) is 8.11. The first-order valence-electron chi connectivity index (χ1n) is 9.11. The maximum absolute atomic E-state index is 13.0. The summed E-state index contributed by atoms with van der Waals surface area (Å²) in [7, 11) is 0. The van der Waals surface area contributed by atoms with Gasteiger partial charge in [-0.15, -0.1) is 0 Å². The number of carbonyl (C=O) groups is 2. The molecule has 2 aromatic carbocycles. The van der Waals surface area contributed by atoms with Crippen molar-refractivity contribution in [1.29, 1.82) is 0 Å². The average molecular weight is 480 g/mol. The minimum absolute atomic E-state index is 0.116. The number of pyridine rings is 1. The van der Waals surface area contributed by atoms with Gasteiger partial charge in [0.2, 0.25) is 0 Å². The Labute approximate surface area is 184 Å². The summed E-state index contributed by atoms with van der Waals surface area (Å²) in [5.74, 6) is -1.84. The third kappa shape index (κ3) is 3.71. The van der Waals surface area contributed by atoms with E-state index in [4.69, 9.17) is 0 Å². The fraction of sp³-hybridized carbons (Fsp3) is 0.0455. The highest BCUT2D eigenvalue weighted by molar-refractivity contribution is 9.10. The summed E-state index contributed by atoms with van der Waals surface area (Å²) in [4.78, 5) is 41.8. The quantitative estimate of drug-likeness (QED) is 0.195. The molecule has 31 heavy (non-hydrogen) atoms. The number of rotatable bonds is 4. The zero-order chi connectivity index (χ0) is 22.1. The van der Waals surface area contributed by atoms with Gasteiger partial charge >= 0.3 is 5.91 Å². The Morgan fingerprint density at radius 2 is 1.71 bits per heavy atom. The minimum Gasteiger partial charge on any atom is -0.507 e. The fourth-order valence-electron chi connectivity index (χ4n) is 3.42. The Morgan fingerprint density at radius 3 is 2.29 bits per heavy atom. The van der Waals surface area contributed by atoms with E-state index in [1.54, 1.807) is 42.5 Å². The van der Waals surface area contributed by atoms with E-state index in [1.165, 1.54) is 35.4 Å². The monoisotopic (exact) mass is 479 g/mol. The Kier molecular flexibility index (Phi) is 5.35. The molecule has 1 amide bonds. The van der Waals surface area contributed by atoms with Gasteiger partial charge in [0.05, 0.1) is 16.5 Å². The van der Waals surface area contributed by atoms with E-state index in [-0.39, 0.29) is 22.8 Å². The van der Waals surface area contributed by atoms with Gasteiger partial charge in [0, 0.05) is 28.4 Å². The van der Waals surface area contributed by atoms with E-state index in [2.05, 4.69) is 20.9 Å². The number of Topliss-reactive ketones (excluding diaryl/α,β-unsaturated/α-hetero) is 1. The van der Waals surface area contributed by atoms with Crippen molar-refractivity contribution < 1.29 is 19.6 Å². The molecule has 1 atom stereocenters. The molecule has 8 nitrogen and oxygen atoms in total. The lowest BCUT2D eigenvalue weighted by Gasteiger charge is -2.24. The van der Waals surface area contributed by atoms with E-state index in [9.17, 15) is 24.8 Å². The highest BCUT2D eigenvalue weighted by atomic mass is 79.9. The first-order valence-corrected chi connectivity index (χ1v) is 9.90. The maximum atomic E-state index is 13.0. The molecule has 0 saturated carbocycles. The summed E-state index contributed by atoms with van der Waals surface area (Å²) in [5.41, 5.74) is 0.545. The number of benzene rings is 2. The lowest BCUT2D eigenvalue weighted by molar-refractivity contribution is -0.384. The summed E-state index contributed by atoms with van der Waals surface area (Å²) in [6.45, 7) is 0. The van der Waals surface area contributed by atoms with Crippen LogP contribution in [0.1, 0.15) is 17.2 Å². The number of halogens is 1. The predicted molar refractivity (Wildman–Crippen MR) is 116 cm³/mol. The van der Waals surface area contributed by atoms with Gasteiger partial charge in [0.25, 0.3) is 11.5 Å². The predicted octanol–water partition coefficient (Wildman–Crippen LogP) is 4.38. The number of aromatic nitrogens is 1. The molecule has 0 spiro atoms. The number of nitro groups is 1. The fourth-order valence-corrected chi connectivity index (χ4v) is 3.66. The maximum Gasteiger partial charge on any atom is 0.301 e. The third-order valence-electron chi connectivity index (χ3n) is 4.87. The number of hydrogen-bond acceptors (Lipinski definition) is 6. The zero-order valence-corrected chi connectivity index (χ0v) is 17.4. The van der Waals surface area contributed by atoms with Crippen LogP contribution in [-0.4, -0.2) is 26.7 Å². The van der Waals surface area contributed by atoms with E-state index in [0.717, 1.165) is 0 Å². The van der Waals surface area contributed by atoms with Crippen LogP contribution in [0.2, 0.25) is 0 Å². The van der Waals surface area contributed by atoms with Crippen molar-refractivity contribution in [3.8, 4) is 0 Å². The molecular formula is C22H14BrN3O5. The normalized spacial score (nSPS) is 17.7. The molecule has 3 aromatic rings. The number of aliphatic hydroxyl groups excluding tert-OH is 1. The van der Waals surface area contributed by atoms with Crippen molar-refractivity contribution >= 4 is 44.9 Å². The number of ketones is 1. The van der Waals surface area contributed by atoms with Crippen LogP contribution in [0.25, 0.3) is 5.76 Å². The van der Waals surface area contributed by atoms with Gasteiger partial charge in [0.15, 0.2) is 0 Å². The number of anilines is 1. The van der Waals surface area contributed by atoms with Gasteiger partial charge < -0.3 is 5.11 Å². The zero-order valence-electron chi connectivity index (χ0n) is 15.8. The summed E-state index contributed by atoms with van der Waals surface area (Å²) >= 11 is 3.28. The molecule has 1 aliphatic heterocycles. The number of nitro benzene ring substituents is 1. The summed E-state index contributed by atoms with van der Waals surface area (Å²) in [6, 6.07) is 16.1. The van der Waals surface area contributed by atoms with Gasteiger partial charge in [-0.2, -0.15) is 0 Å². The lowest BCUT2D eigenvalue weighted by Crippen LogP contribution is -2.30. The summed E-state index contributed by atoms with van der Waals surface area (Å²) in [5, 5.41) is 22.0. The topological polar surface area (TPSA) is 114 Å². The molecule has 4 rings (SSSR count). The molecule has 9 heteroatoms. The van der Waals surface area contributed by atoms with Crippen LogP contribution in [-0.2, 0) is 9.59 Å². The number of amides is 1. The van der Waals surface area contributed by atoms with Crippen LogP contribution in [0, 0.1) is 10.1 Å². The lowest BCUT2D eigenvalue weighted by atomic mass is 9.95. The van der Waals surface area contributed by atoms with Crippen LogP contribution in [0.4, 0.5) is 11.5 Å². The minimum atomic E-state index is -1.00. The van der Waals surface area contributed by atoms with Crippen molar-refractivity contribution in [3.05, 3.63) is 104 Å². The van der Waals surface area contributed by atoms with Crippen LogP contribution in [0.3, 0.4) is 0 Å². The number of aliphatic hydroxyl groups is 1. The van der Waals surface area contributed by atoms with Crippen LogP contribution >= 0.6 is 15.9 Å². The molecule has 1 saturated heterocycles. The molecule has 154 valence electrons. The number of non-ortho nitro benzene ring substituents is 1. The van der Waals surface area contributed by atoms with E-state index >= 15 is 0 Å². The van der Waals surface area contributed by atoms with Crippen molar-refractivity contribution in [1.82, 2.24) is 4.98 Å². The number of hydrogen-bond donors (Lipinski definition) is 1. The Bertz CT molecular complexity index is 1210. The van der Waals surface area contributed by atoms with Crippen LogP contribution < -0.4 is 4.90 Å². The Balaban J connectivity index is 1.93. The van der Waals surface area contributed by atoms with Crippen LogP contribution in [0.15, 0.2) is 83.0 Å². The second-order valence-corrected chi connectivity index (χ2v) is 7.63. The second-order valence-electron chi connectivity index (χ2n) is 6.72. The van der Waals surface area contributed by atoms with Gasteiger partial charge in [-0.3, -0.25) is 24.6 Å². The molecule has 0 unspecified atom stereocenters. The van der Waals surface area contributed by atoms with Crippen molar-refractivity contribution in [3.63, 3.8) is 0 Å². The molecule has 1 aliphatic rings. The molecule has 0 radical (unpaired) electrons. The molecule has 2 heterocycles. The highest BCUT2D eigenvalue weighted by Crippen LogP contribution is 2.41. The number of carbonyl (C=O) groups excluding carboxylic acids is 2. The van der Waals surface area contributed by atoms with Gasteiger partial charge in [-0.05, 0) is 45.8 Å². The first kappa shape index (κ1) is 20.4. The van der Waals surface area contributed by atoms with E-state index < -0.39 is 22.7 Å². The average Bonchev–Trinajstić information content (AvgIpc) is 3.05. The van der Waals surface area contributed by atoms with E-state index in [0.29, 0.717) is 15.6 Å². The Morgan fingerprint density at radius 1 is 1.03 bits per heavy atom. The Hall–Kier alpha value is -3.85. The molecular weight excluding hydrogens is 466 g/mol. The standard InChI is InChI=1S/C22H14BrN3O5/c23-15-8-11-17(24-12-15)25-19(13-6-9-16(10-7-13)26(30)31)18(21(28)22(25)29)20(27)14-4-2-1-3-5-14/h1-12,19,27H/b20-18+/t19-/m0/s1.